The molecule has 74 valence electrons. The van der Waals surface area contributed by atoms with Gasteiger partial charge in [0, 0.05) is 12.9 Å². The van der Waals surface area contributed by atoms with Crippen molar-refractivity contribution in [3.8, 4) is 0 Å². The Morgan fingerprint density at radius 2 is 1.92 bits per heavy atom. The van der Waals surface area contributed by atoms with Gasteiger partial charge >= 0.3 is 0 Å². The summed E-state index contributed by atoms with van der Waals surface area (Å²) in [6.45, 7) is 2.21. The molecule has 1 atom stereocenters. The summed E-state index contributed by atoms with van der Waals surface area (Å²) in [5.41, 5.74) is 0. The molecule has 0 saturated heterocycles. The van der Waals surface area contributed by atoms with Gasteiger partial charge < -0.3 is 4.52 Å². The standard InChI is InChI=1S/C8H19O2PS/c1-3-4-5-6-7-8-12-11(9)10-2/h11H,3-8H2,1-2H3. The predicted octanol–water partition coefficient (Wildman–Crippen LogP) is 3.73. The van der Waals surface area contributed by atoms with E-state index in [2.05, 4.69) is 11.4 Å². The van der Waals surface area contributed by atoms with E-state index in [9.17, 15) is 4.57 Å². The van der Waals surface area contributed by atoms with Crippen LogP contribution in [-0.2, 0) is 9.09 Å². The molecule has 0 spiro atoms. The highest BCUT2D eigenvalue weighted by Gasteiger charge is 1.96. The van der Waals surface area contributed by atoms with E-state index < -0.39 is 7.23 Å². The van der Waals surface area contributed by atoms with E-state index >= 15 is 0 Å². The fraction of sp³-hybridized carbons (Fsp3) is 1.00. The first kappa shape index (κ1) is 12.5. The molecular weight excluding hydrogens is 191 g/mol. The Hall–Kier alpha value is 0.540. The van der Waals surface area contributed by atoms with Crippen LogP contribution in [0.15, 0.2) is 0 Å². The molecule has 12 heavy (non-hydrogen) atoms. The average molecular weight is 210 g/mol. The topological polar surface area (TPSA) is 26.3 Å². The van der Waals surface area contributed by atoms with Crippen LogP contribution in [0.1, 0.15) is 39.0 Å². The molecule has 0 aliphatic carbocycles. The first-order valence-electron chi connectivity index (χ1n) is 4.52. The third-order valence-electron chi connectivity index (χ3n) is 1.63. The van der Waals surface area contributed by atoms with E-state index in [-0.39, 0.29) is 0 Å². The molecule has 0 N–H and O–H groups in total. The van der Waals surface area contributed by atoms with Gasteiger partial charge in [-0.15, -0.1) is 0 Å². The Bertz CT molecular complexity index is 120. The summed E-state index contributed by atoms with van der Waals surface area (Å²) in [6.07, 6.45) is 6.35. The molecule has 0 aromatic heterocycles. The summed E-state index contributed by atoms with van der Waals surface area (Å²) in [7, 11) is -0.249. The van der Waals surface area contributed by atoms with Crippen LogP contribution in [0.25, 0.3) is 0 Å². The van der Waals surface area contributed by atoms with Crippen molar-refractivity contribution in [1.82, 2.24) is 0 Å². The molecule has 4 heteroatoms. The summed E-state index contributed by atoms with van der Waals surface area (Å²) in [5, 5.41) is 0. The van der Waals surface area contributed by atoms with Crippen molar-refractivity contribution in [3.05, 3.63) is 0 Å². The molecule has 0 aromatic carbocycles. The lowest BCUT2D eigenvalue weighted by Gasteiger charge is -1.99. The molecule has 0 aliphatic heterocycles. The van der Waals surface area contributed by atoms with E-state index in [1.165, 1.54) is 50.6 Å². The second-order valence-electron chi connectivity index (χ2n) is 2.72. The lowest BCUT2D eigenvalue weighted by atomic mass is 10.2. The van der Waals surface area contributed by atoms with Crippen LogP contribution in [0, 0.1) is 0 Å². The van der Waals surface area contributed by atoms with Gasteiger partial charge in [0.05, 0.1) is 0 Å². The minimum atomic E-state index is -1.75. The van der Waals surface area contributed by atoms with Gasteiger partial charge in [-0.2, -0.15) is 0 Å². The van der Waals surface area contributed by atoms with Crippen LogP contribution < -0.4 is 0 Å². The summed E-state index contributed by atoms with van der Waals surface area (Å²) < 4.78 is 15.5. The third-order valence-corrected chi connectivity index (χ3v) is 4.52. The normalized spacial score (nSPS) is 13.2. The van der Waals surface area contributed by atoms with Crippen molar-refractivity contribution >= 4 is 18.6 Å². The third kappa shape index (κ3) is 8.63. The second kappa shape index (κ2) is 9.63. The monoisotopic (exact) mass is 210 g/mol. The fourth-order valence-corrected chi connectivity index (χ4v) is 2.84. The van der Waals surface area contributed by atoms with Crippen LogP contribution in [-0.4, -0.2) is 12.9 Å². The first-order valence-corrected chi connectivity index (χ1v) is 7.54. The molecular formula is C8H19O2PS. The maximum Gasteiger partial charge on any atom is 0.246 e. The number of unbranched alkanes of at least 4 members (excludes halogenated alkanes) is 4. The van der Waals surface area contributed by atoms with Crippen LogP contribution in [0.3, 0.4) is 0 Å². The van der Waals surface area contributed by atoms with Gasteiger partial charge in [0.2, 0.25) is 7.23 Å². The summed E-state index contributed by atoms with van der Waals surface area (Å²) >= 11 is 1.46. The number of hydrogen-bond donors (Lipinski definition) is 0. The van der Waals surface area contributed by atoms with Gasteiger partial charge in [-0.25, -0.2) is 0 Å². The fourth-order valence-electron chi connectivity index (χ4n) is 0.920. The molecule has 0 fully saturated rings. The summed E-state index contributed by atoms with van der Waals surface area (Å²) in [5.74, 6) is 0.981. The zero-order chi connectivity index (χ0) is 9.23. The zero-order valence-electron chi connectivity index (χ0n) is 7.97. The molecule has 0 saturated carbocycles. The number of rotatable bonds is 8. The van der Waals surface area contributed by atoms with E-state index in [1.54, 1.807) is 0 Å². The van der Waals surface area contributed by atoms with Gasteiger partial charge in [-0.05, 0) is 6.42 Å². The quantitative estimate of drug-likeness (QED) is 0.451. The van der Waals surface area contributed by atoms with Gasteiger partial charge in [0.15, 0.2) is 0 Å². The van der Waals surface area contributed by atoms with Gasteiger partial charge in [-0.1, -0.05) is 44.0 Å². The molecule has 1 unspecified atom stereocenters. The van der Waals surface area contributed by atoms with Crippen molar-refractivity contribution < 1.29 is 9.09 Å². The lowest BCUT2D eigenvalue weighted by molar-refractivity contribution is 0.429. The number of hydrogen-bond acceptors (Lipinski definition) is 3. The van der Waals surface area contributed by atoms with Gasteiger partial charge in [0.1, 0.15) is 0 Å². The van der Waals surface area contributed by atoms with Crippen LogP contribution in [0.5, 0.6) is 0 Å². The van der Waals surface area contributed by atoms with Crippen LogP contribution in [0.4, 0.5) is 0 Å². The van der Waals surface area contributed by atoms with Crippen molar-refractivity contribution in [2.75, 3.05) is 12.9 Å². The molecule has 0 aliphatic rings. The smallest absolute Gasteiger partial charge is 0.246 e. The van der Waals surface area contributed by atoms with Crippen molar-refractivity contribution in [2.24, 2.45) is 0 Å². The Labute approximate surface area is 80.1 Å². The maximum atomic E-state index is 10.8. The molecule has 0 aromatic rings. The van der Waals surface area contributed by atoms with Crippen molar-refractivity contribution in [1.29, 1.82) is 0 Å². The van der Waals surface area contributed by atoms with Crippen molar-refractivity contribution in [3.63, 3.8) is 0 Å². The molecule has 0 bridgehead atoms. The average Bonchev–Trinajstić information content (AvgIpc) is 2.10. The molecule has 0 rings (SSSR count). The minimum Gasteiger partial charge on any atom is -0.326 e. The molecule has 2 nitrogen and oxygen atoms in total. The van der Waals surface area contributed by atoms with Gasteiger partial charge in [-0.3, -0.25) is 4.57 Å². The zero-order valence-corrected chi connectivity index (χ0v) is 9.78. The van der Waals surface area contributed by atoms with Crippen LogP contribution >= 0.6 is 18.6 Å². The van der Waals surface area contributed by atoms with Crippen LogP contribution in [0.2, 0.25) is 0 Å². The highest BCUT2D eigenvalue weighted by molar-refractivity contribution is 8.50. The highest BCUT2D eigenvalue weighted by Crippen LogP contribution is 2.38. The Morgan fingerprint density at radius 3 is 2.50 bits per heavy atom. The Kier molecular flexibility index (Phi) is 10.1. The lowest BCUT2D eigenvalue weighted by Crippen LogP contribution is -1.79. The van der Waals surface area contributed by atoms with E-state index in [0.717, 1.165) is 5.75 Å². The second-order valence-corrected chi connectivity index (χ2v) is 6.19. The minimum absolute atomic E-state index is 0.981. The SMILES string of the molecule is CCCCCCCS[PH](=O)OC. The maximum absolute atomic E-state index is 10.8. The molecule has 0 amide bonds. The molecule has 0 heterocycles. The Morgan fingerprint density at radius 1 is 1.25 bits per heavy atom. The van der Waals surface area contributed by atoms with E-state index in [0.29, 0.717) is 0 Å². The molecule has 0 radical (unpaired) electrons. The van der Waals surface area contributed by atoms with E-state index in [4.69, 9.17) is 0 Å². The van der Waals surface area contributed by atoms with Gasteiger partial charge in [0.25, 0.3) is 0 Å². The van der Waals surface area contributed by atoms with Crippen molar-refractivity contribution in [2.45, 2.75) is 39.0 Å². The highest BCUT2D eigenvalue weighted by atomic mass is 32.7. The van der Waals surface area contributed by atoms with E-state index in [1.807, 2.05) is 0 Å². The summed E-state index contributed by atoms with van der Waals surface area (Å²) in [6, 6.07) is 0. The first-order chi connectivity index (χ1) is 5.81. The Balaban J connectivity index is 2.95. The predicted molar refractivity (Wildman–Crippen MR) is 57.2 cm³/mol. The largest absolute Gasteiger partial charge is 0.326 e. The summed E-state index contributed by atoms with van der Waals surface area (Å²) in [4.78, 5) is 0.